The monoisotopic (exact) mass is 615 g/mol. The van der Waals surface area contributed by atoms with E-state index in [0.29, 0.717) is 48.3 Å². The Morgan fingerprint density at radius 1 is 1.05 bits per heavy atom. The van der Waals surface area contributed by atoms with Gasteiger partial charge in [-0.15, -0.1) is 12.8 Å². The Kier molecular flexibility index (Phi) is 11.0. The molecule has 0 aromatic heterocycles. The topological polar surface area (TPSA) is 85.0 Å². The molecule has 5 saturated carbocycles. The Hall–Kier alpha value is -1.13. The largest absolute Gasteiger partial charge is 0.393 e. The van der Waals surface area contributed by atoms with Gasteiger partial charge in [0, 0.05) is 12.5 Å². The number of ether oxygens (including phenoxy) is 2. The van der Waals surface area contributed by atoms with Crippen molar-refractivity contribution in [3.05, 3.63) is 0 Å². The minimum Gasteiger partial charge on any atom is -0.393 e. The Morgan fingerprint density at radius 3 is 2.41 bits per heavy atom. The van der Waals surface area contributed by atoms with Gasteiger partial charge in [-0.3, -0.25) is 4.79 Å². The van der Waals surface area contributed by atoms with Crippen molar-refractivity contribution in [2.75, 3.05) is 26.2 Å². The molecular weight excluding hydrogens is 548 g/mol. The zero-order valence-corrected chi connectivity index (χ0v) is 29.4. The van der Waals surface area contributed by atoms with E-state index in [2.05, 4.69) is 40.5 Å². The van der Waals surface area contributed by atoms with Crippen LogP contribution in [0.25, 0.3) is 0 Å². The summed E-state index contributed by atoms with van der Waals surface area (Å²) in [6, 6.07) is 0. The van der Waals surface area contributed by atoms with Gasteiger partial charge in [-0.25, -0.2) is 0 Å². The molecule has 6 fully saturated rings. The van der Waals surface area contributed by atoms with Crippen LogP contribution in [0.1, 0.15) is 120 Å². The maximum absolute atomic E-state index is 12.7. The first-order valence-electron chi connectivity index (χ1n) is 18.2. The van der Waals surface area contributed by atoms with E-state index in [4.69, 9.17) is 15.2 Å². The van der Waals surface area contributed by atoms with Gasteiger partial charge in [0.1, 0.15) is 0 Å². The van der Waals surface area contributed by atoms with Gasteiger partial charge in [0.25, 0.3) is 0 Å². The summed E-state index contributed by atoms with van der Waals surface area (Å²) in [6.45, 7) is 20.6. The fourth-order valence-corrected chi connectivity index (χ4v) is 12.5. The number of unbranched alkanes of at least 4 members (excludes halogenated alkanes) is 1. The second kappa shape index (κ2) is 13.5. The van der Waals surface area contributed by atoms with Crippen LogP contribution < -0.4 is 5.73 Å². The molecule has 1 aliphatic heterocycles. The van der Waals surface area contributed by atoms with E-state index in [0.717, 1.165) is 50.5 Å². The van der Waals surface area contributed by atoms with Crippen LogP contribution in [0.5, 0.6) is 0 Å². The number of amides is 1. The highest BCUT2D eigenvalue weighted by Crippen LogP contribution is 2.89. The van der Waals surface area contributed by atoms with Crippen molar-refractivity contribution in [3.8, 4) is 12.8 Å². The summed E-state index contributed by atoms with van der Waals surface area (Å²) in [5.41, 5.74) is 7.06. The standard InChI is InChI=1S/C34H58N2O4.C2H6.C2H2/c1-21(2)30(38)36-17-18-39-29(20-36)40-28-12-13-34-22(3)33(34)15-14-32(6)24(9-7-8-16-35)26(37)19-25(32)23(33)10-11-27(34)31(28,4)5;2*1-2/h21-29,37H,7-20,35H2,1-6H3;1-2H3;1-2H/t22-,23-,24?,25?,26+,27?,28-,29?,32+,33-,34?;;/m0../s1. The van der Waals surface area contributed by atoms with Gasteiger partial charge in [0.15, 0.2) is 6.29 Å². The molecule has 0 bridgehead atoms. The van der Waals surface area contributed by atoms with Gasteiger partial charge < -0.3 is 25.2 Å². The van der Waals surface area contributed by atoms with Crippen molar-refractivity contribution in [2.45, 2.75) is 138 Å². The molecule has 44 heavy (non-hydrogen) atoms. The van der Waals surface area contributed by atoms with Crippen molar-refractivity contribution in [3.63, 3.8) is 0 Å². The number of nitrogens with zero attached hydrogens (tertiary/aromatic N) is 1. The van der Waals surface area contributed by atoms with Crippen molar-refractivity contribution < 1.29 is 19.4 Å². The smallest absolute Gasteiger partial charge is 0.225 e. The Balaban J connectivity index is 0.00000106. The second-order valence-electron chi connectivity index (χ2n) is 16.1. The average Bonchev–Trinajstić information content (AvgIpc) is 3.44. The van der Waals surface area contributed by atoms with E-state index < -0.39 is 0 Å². The molecule has 5 aliphatic carbocycles. The lowest BCUT2D eigenvalue weighted by Crippen LogP contribution is -2.56. The number of carbonyl (C=O) groups excluding carboxylic acids is 1. The highest BCUT2D eigenvalue weighted by molar-refractivity contribution is 5.78. The molecule has 0 radical (unpaired) electrons. The highest BCUT2D eigenvalue weighted by atomic mass is 16.7. The Bertz CT molecular complexity index is 1010. The van der Waals surface area contributed by atoms with Gasteiger partial charge in [0.05, 0.1) is 25.4 Å². The first-order valence-corrected chi connectivity index (χ1v) is 18.2. The number of carbonyl (C=O) groups is 1. The quantitative estimate of drug-likeness (QED) is 0.241. The molecule has 6 aliphatic rings. The summed E-state index contributed by atoms with van der Waals surface area (Å²) in [4.78, 5) is 14.6. The second-order valence-corrected chi connectivity index (χ2v) is 16.1. The molecule has 2 spiro atoms. The van der Waals surface area contributed by atoms with Crippen LogP contribution in [-0.2, 0) is 14.3 Å². The van der Waals surface area contributed by atoms with E-state index in [9.17, 15) is 9.90 Å². The predicted octanol–water partition coefficient (Wildman–Crippen LogP) is 6.88. The minimum atomic E-state index is -0.316. The maximum Gasteiger partial charge on any atom is 0.225 e. The lowest BCUT2D eigenvalue weighted by atomic mass is 9.46. The van der Waals surface area contributed by atoms with Crippen molar-refractivity contribution in [1.29, 1.82) is 0 Å². The number of fused-ring (bicyclic) bond motifs is 2. The number of aliphatic hydroxyl groups is 1. The molecule has 252 valence electrons. The van der Waals surface area contributed by atoms with Crippen LogP contribution in [0, 0.1) is 70.0 Å². The number of hydrogen-bond donors (Lipinski definition) is 2. The zero-order chi connectivity index (χ0) is 32.7. The van der Waals surface area contributed by atoms with Crippen LogP contribution in [0.4, 0.5) is 0 Å². The molecule has 1 heterocycles. The third kappa shape index (κ3) is 5.29. The Morgan fingerprint density at radius 2 is 1.75 bits per heavy atom. The molecule has 3 N–H and O–H groups in total. The number of terminal acetylenes is 1. The fraction of sp³-hybridized carbons (Fsp3) is 0.921. The summed E-state index contributed by atoms with van der Waals surface area (Å²) in [5.74, 6) is 3.51. The number of morpholine rings is 1. The van der Waals surface area contributed by atoms with E-state index in [-0.39, 0.29) is 41.2 Å². The fourth-order valence-electron chi connectivity index (χ4n) is 12.5. The van der Waals surface area contributed by atoms with Crippen LogP contribution in [-0.4, -0.2) is 60.7 Å². The summed E-state index contributed by atoms with van der Waals surface area (Å²) in [7, 11) is 0. The van der Waals surface area contributed by atoms with Gasteiger partial charge in [0.2, 0.25) is 5.91 Å². The maximum atomic E-state index is 12.7. The van der Waals surface area contributed by atoms with Crippen LogP contribution in [0.3, 0.4) is 0 Å². The van der Waals surface area contributed by atoms with E-state index in [1.807, 2.05) is 32.6 Å². The van der Waals surface area contributed by atoms with E-state index in [1.54, 1.807) is 0 Å². The molecule has 1 amide bonds. The van der Waals surface area contributed by atoms with Gasteiger partial charge in [-0.05, 0) is 116 Å². The first kappa shape index (κ1) is 35.7. The van der Waals surface area contributed by atoms with Crippen LogP contribution >= 0.6 is 0 Å². The number of rotatable bonds is 7. The lowest BCUT2D eigenvalue weighted by Gasteiger charge is -2.59. The first-order chi connectivity index (χ1) is 20.9. The van der Waals surface area contributed by atoms with Crippen molar-refractivity contribution >= 4 is 5.91 Å². The molecule has 0 aromatic rings. The number of aliphatic hydroxyl groups excluding tert-OH is 1. The van der Waals surface area contributed by atoms with Crippen molar-refractivity contribution in [2.24, 2.45) is 62.9 Å². The summed E-state index contributed by atoms with van der Waals surface area (Å²) >= 11 is 0. The summed E-state index contributed by atoms with van der Waals surface area (Å²) in [5, 5.41) is 11.3. The normalized spacial score (nSPS) is 44.9. The number of hydrogen-bond acceptors (Lipinski definition) is 5. The molecule has 6 heteroatoms. The third-order valence-electron chi connectivity index (χ3n) is 14.3. The highest BCUT2D eigenvalue weighted by Gasteiger charge is 2.84. The third-order valence-corrected chi connectivity index (χ3v) is 14.3. The average molecular weight is 615 g/mol. The van der Waals surface area contributed by atoms with Gasteiger partial charge in [-0.2, -0.15) is 0 Å². The predicted molar refractivity (Wildman–Crippen MR) is 178 cm³/mol. The molecule has 0 aromatic carbocycles. The molecule has 5 unspecified atom stereocenters. The van der Waals surface area contributed by atoms with E-state index in [1.165, 1.54) is 32.1 Å². The molecule has 6 rings (SSSR count). The number of nitrogens with two attached hydrogens (primary N) is 1. The summed E-state index contributed by atoms with van der Waals surface area (Å²) < 4.78 is 12.9. The molecular formula is C38H66N2O4. The molecule has 1 saturated heterocycles. The minimum absolute atomic E-state index is 0.00649. The molecule has 6 nitrogen and oxygen atoms in total. The van der Waals surface area contributed by atoms with Crippen LogP contribution in [0.15, 0.2) is 0 Å². The SMILES string of the molecule is C#C.CC.CC(C)C(=O)N1CCOC(O[C@H]2CCC34C(CC[C@H]5C6C[C@@H](O)C(CCCCN)[C@@]6(C)CC[C@]53[C@@H]4C)C2(C)C)C1. The lowest BCUT2D eigenvalue weighted by molar-refractivity contribution is -0.245. The Labute approximate surface area is 270 Å². The van der Waals surface area contributed by atoms with Crippen molar-refractivity contribution in [1.82, 2.24) is 4.90 Å². The zero-order valence-electron chi connectivity index (χ0n) is 29.4. The molecule has 11 atom stereocenters. The van der Waals surface area contributed by atoms with E-state index >= 15 is 0 Å². The van der Waals surface area contributed by atoms with Gasteiger partial charge >= 0.3 is 0 Å². The van der Waals surface area contributed by atoms with Crippen LogP contribution in [0.2, 0.25) is 0 Å². The summed E-state index contributed by atoms with van der Waals surface area (Å²) in [6.07, 6.45) is 19.7. The van der Waals surface area contributed by atoms with Gasteiger partial charge in [-0.1, -0.05) is 61.8 Å².